The maximum Gasteiger partial charge on any atom is 0.269 e. The Hall–Kier alpha value is -1.92. The lowest BCUT2D eigenvalue weighted by molar-refractivity contribution is 0.0919. The summed E-state index contributed by atoms with van der Waals surface area (Å²) in [5.41, 5.74) is 1.37. The third-order valence-corrected chi connectivity index (χ3v) is 3.53. The van der Waals surface area contributed by atoms with Gasteiger partial charge in [0.15, 0.2) is 4.77 Å². The van der Waals surface area contributed by atoms with Crippen molar-refractivity contribution in [2.24, 2.45) is 5.92 Å². The van der Waals surface area contributed by atoms with Crippen molar-refractivity contribution in [2.45, 2.75) is 20.3 Å². The Morgan fingerprint density at radius 1 is 1.35 bits per heavy atom. The molecule has 124 valence electrons. The summed E-state index contributed by atoms with van der Waals surface area (Å²) < 4.78 is 7.74. The summed E-state index contributed by atoms with van der Waals surface area (Å²) in [5.74, 6) is 0.379. The number of aromatic amines is 1. The van der Waals surface area contributed by atoms with Crippen LogP contribution >= 0.6 is 12.2 Å². The van der Waals surface area contributed by atoms with Crippen molar-refractivity contribution >= 4 is 18.1 Å². The van der Waals surface area contributed by atoms with E-state index in [1.54, 1.807) is 10.8 Å². The molecular formula is C17H23N3O2S. The zero-order valence-electron chi connectivity index (χ0n) is 13.5. The molecule has 0 radical (unpaired) electrons. The van der Waals surface area contributed by atoms with Gasteiger partial charge in [-0.1, -0.05) is 32.0 Å². The number of nitrogens with one attached hydrogen (secondary N) is 2. The predicted molar refractivity (Wildman–Crippen MR) is 93.6 cm³/mol. The second-order valence-corrected chi connectivity index (χ2v) is 6.11. The van der Waals surface area contributed by atoms with E-state index in [4.69, 9.17) is 17.0 Å². The van der Waals surface area contributed by atoms with Crippen molar-refractivity contribution in [3.05, 3.63) is 47.0 Å². The minimum Gasteiger partial charge on any atom is -0.381 e. The number of carbonyl (C=O) groups excluding carboxylic acids is 1. The van der Waals surface area contributed by atoms with Gasteiger partial charge in [0.05, 0.1) is 0 Å². The van der Waals surface area contributed by atoms with Gasteiger partial charge in [-0.25, -0.2) is 0 Å². The molecule has 0 saturated carbocycles. The largest absolute Gasteiger partial charge is 0.381 e. The number of hydrogen-bond acceptors (Lipinski definition) is 3. The van der Waals surface area contributed by atoms with E-state index >= 15 is 0 Å². The number of carbonyl (C=O) groups is 1. The summed E-state index contributed by atoms with van der Waals surface area (Å²) in [4.78, 5) is 15.3. The van der Waals surface area contributed by atoms with Crippen molar-refractivity contribution in [2.75, 3.05) is 19.8 Å². The van der Waals surface area contributed by atoms with E-state index in [0.717, 1.165) is 18.7 Å². The van der Waals surface area contributed by atoms with Gasteiger partial charge in [-0.05, 0) is 36.7 Å². The summed E-state index contributed by atoms with van der Waals surface area (Å²) in [6.45, 7) is 6.20. The van der Waals surface area contributed by atoms with Gasteiger partial charge in [0, 0.05) is 31.6 Å². The summed E-state index contributed by atoms with van der Waals surface area (Å²) in [6, 6.07) is 9.59. The fraction of sp³-hybridized carbons (Fsp3) is 0.412. The van der Waals surface area contributed by atoms with Gasteiger partial charge in [0.2, 0.25) is 0 Å². The Labute approximate surface area is 141 Å². The molecule has 2 rings (SSSR count). The molecule has 0 aliphatic heterocycles. The van der Waals surface area contributed by atoms with Crippen molar-refractivity contribution in [1.29, 1.82) is 0 Å². The van der Waals surface area contributed by atoms with E-state index in [1.807, 2.05) is 30.3 Å². The van der Waals surface area contributed by atoms with Crippen LogP contribution in [0.3, 0.4) is 0 Å². The quantitative estimate of drug-likeness (QED) is 0.575. The second-order valence-electron chi connectivity index (χ2n) is 5.73. The van der Waals surface area contributed by atoms with Gasteiger partial charge in [-0.3, -0.25) is 9.36 Å². The van der Waals surface area contributed by atoms with Gasteiger partial charge in [0.25, 0.3) is 5.91 Å². The Bertz CT molecular complexity index is 677. The topological polar surface area (TPSA) is 59.0 Å². The SMILES string of the molecule is CC(C)COCCCNC(=O)c1c[nH]c(=S)n1-c1ccccc1. The Morgan fingerprint density at radius 2 is 2.09 bits per heavy atom. The zero-order chi connectivity index (χ0) is 16.7. The number of nitrogens with zero attached hydrogens (tertiary/aromatic N) is 1. The summed E-state index contributed by atoms with van der Waals surface area (Å²) in [7, 11) is 0. The first-order chi connectivity index (χ1) is 11.1. The molecule has 0 aliphatic rings. The molecule has 0 spiro atoms. The number of benzene rings is 1. The number of amides is 1. The first-order valence-electron chi connectivity index (χ1n) is 7.81. The summed E-state index contributed by atoms with van der Waals surface area (Å²) in [6.07, 6.45) is 2.43. The minimum absolute atomic E-state index is 0.148. The third kappa shape index (κ3) is 5.04. The van der Waals surface area contributed by atoms with E-state index in [0.29, 0.717) is 29.5 Å². The molecule has 1 aromatic carbocycles. The average molecular weight is 333 g/mol. The standard InChI is InChI=1S/C17H23N3O2S/c1-13(2)12-22-10-6-9-18-16(21)15-11-19-17(23)20(15)14-7-4-3-5-8-14/h3-5,7-8,11,13H,6,9-10,12H2,1-2H3,(H,18,21)(H,19,23). The molecule has 0 unspecified atom stereocenters. The maximum absolute atomic E-state index is 12.4. The van der Waals surface area contributed by atoms with Crippen LogP contribution in [0.25, 0.3) is 5.69 Å². The van der Waals surface area contributed by atoms with Crippen LogP contribution in [0.2, 0.25) is 0 Å². The lowest BCUT2D eigenvalue weighted by atomic mass is 10.2. The molecule has 23 heavy (non-hydrogen) atoms. The summed E-state index contributed by atoms with van der Waals surface area (Å²) in [5, 5.41) is 2.90. The number of hydrogen-bond donors (Lipinski definition) is 2. The number of para-hydroxylation sites is 1. The molecule has 1 aromatic heterocycles. The van der Waals surface area contributed by atoms with E-state index in [2.05, 4.69) is 24.1 Å². The Balaban J connectivity index is 1.92. The highest BCUT2D eigenvalue weighted by Gasteiger charge is 2.13. The van der Waals surface area contributed by atoms with Crippen LogP contribution in [0.4, 0.5) is 0 Å². The highest BCUT2D eigenvalue weighted by atomic mass is 32.1. The number of H-pyrrole nitrogens is 1. The highest BCUT2D eigenvalue weighted by molar-refractivity contribution is 7.71. The van der Waals surface area contributed by atoms with Crippen LogP contribution in [0.1, 0.15) is 30.8 Å². The van der Waals surface area contributed by atoms with E-state index < -0.39 is 0 Å². The molecule has 0 aliphatic carbocycles. The summed E-state index contributed by atoms with van der Waals surface area (Å²) >= 11 is 5.28. The molecule has 0 atom stereocenters. The van der Waals surface area contributed by atoms with E-state index in [9.17, 15) is 4.79 Å². The number of imidazole rings is 1. The molecule has 6 heteroatoms. The number of ether oxygens (including phenoxy) is 1. The van der Waals surface area contributed by atoms with Crippen LogP contribution in [0, 0.1) is 10.7 Å². The zero-order valence-corrected chi connectivity index (χ0v) is 14.4. The molecule has 1 heterocycles. The molecule has 2 aromatic rings. The van der Waals surface area contributed by atoms with Crippen molar-refractivity contribution in [3.8, 4) is 5.69 Å². The van der Waals surface area contributed by atoms with Crippen LogP contribution in [-0.2, 0) is 4.74 Å². The maximum atomic E-state index is 12.4. The van der Waals surface area contributed by atoms with Crippen LogP contribution < -0.4 is 5.32 Å². The van der Waals surface area contributed by atoms with Crippen molar-refractivity contribution in [3.63, 3.8) is 0 Å². The molecule has 2 N–H and O–H groups in total. The van der Waals surface area contributed by atoms with Gasteiger partial charge >= 0.3 is 0 Å². The predicted octanol–water partition coefficient (Wildman–Crippen LogP) is 3.33. The van der Waals surface area contributed by atoms with E-state index in [1.165, 1.54) is 0 Å². The number of rotatable bonds is 8. The van der Waals surface area contributed by atoms with Crippen molar-refractivity contribution < 1.29 is 9.53 Å². The first kappa shape index (κ1) is 17.4. The van der Waals surface area contributed by atoms with E-state index in [-0.39, 0.29) is 5.91 Å². The van der Waals surface area contributed by atoms with Gasteiger partial charge < -0.3 is 15.0 Å². The average Bonchev–Trinajstić information content (AvgIpc) is 2.93. The van der Waals surface area contributed by atoms with Gasteiger partial charge in [-0.15, -0.1) is 0 Å². The second kappa shape index (κ2) is 8.64. The first-order valence-corrected chi connectivity index (χ1v) is 8.22. The smallest absolute Gasteiger partial charge is 0.269 e. The molecule has 0 bridgehead atoms. The fourth-order valence-electron chi connectivity index (χ4n) is 2.15. The normalized spacial score (nSPS) is 10.9. The van der Waals surface area contributed by atoms with Crippen LogP contribution in [-0.4, -0.2) is 35.2 Å². The molecule has 0 saturated heterocycles. The molecule has 5 nitrogen and oxygen atoms in total. The minimum atomic E-state index is -0.148. The van der Waals surface area contributed by atoms with Crippen LogP contribution in [0.5, 0.6) is 0 Å². The molecular weight excluding hydrogens is 310 g/mol. The van der Waals surface area contributed by atoms with Gasteiger partial charge in [0.1, 0.15) is 5.69 Å². The Morgan fingerprint density at radius 3 is 2.78 bits per heavy atom. The van der Waals surface area contributed by atoms with Crippen molar-refractivity contribution in [1.82, 2.24) is 14.9 Å². The fourth-order valence-corrected chi connectivity index (χ4v) is 2.42. The Kier molecular flexibility index (Phi) is 6.55. The molecule has 1 amide bonds. The lowest BCUT2D eigenvalue weighted by Gasteiger charge is -2.10. The molecule has 0 fully saturated rings. The monoisotopic (exact) mass is 333 g/mol. The van der Waals surface area contributed by atoms with Crippen LogP contribution in [0.15, 0.2) is 36.5 Å². The lowest BCUT2D eigenvalue weighted by Crippen LogP contribution is -2.27. The highest BCUT2D eigenvalue weighted by Crippen LogP contribution is 2.12. The van der Waals surface area contributed by atoms with Gasteiger partial charge in [-0.2, -0.15) is 0 Å². The third-order valence-electron chi connectivity index (χ3n) is 3.23. The number of aromatic nitrogens is 2.